The summed E-state index contributed by atoms with van der Waals surface area (Å²) >= 11 is 0. The third-order valence-corrected chi connectivity index (χ3v) is 3.69. The summed E-state index contributed by atoms with van der Waals surface area (Å²) in [5, 5.41) is 9.68. The lowest BCUT2D eigenvalue weighted by Crippen LogP contribution is -2.19. The quantitative estimate of drug-likeness (QED) is 0.883. The van der Waals surface area contributed by atoms with Crippen LogP contribution in [-0.2, 0) is 4.79 Å². The minimum atomic E-state index is -0.812. The molecule has 0 aromatic heterocycles. The molecule has 2 aromatic rings. The van der Waals surface area contributed by atoms with Gasteiger partial charge in [0, 0.05) is 11.1 Å². The summed E-state index contributed by atoms with van der Waals surface area (Å²) in [7, 11) is 0. The Bertz CT molecular complexity index is 750. The number of rotatable bonds is 3. The Morgan fingerprint density at radius 2 is 1.91 bits per heavy atom. The number of aliphatic hydroxyl groups is 1. The Morgan fingerprint density at radius 3 is 2.59 bits per heavy atom. The molecule has 1 aliphatic heterocycles. The molecule has 0 fully saturated rings. The fraction of sp³-hybridized carbons (Fsp3) is 0.167. The van der Waals surface area contributed by atoms with Crippen molar-refractivity contribution >= 4 is 6.29 Å². The number of fused-ring (bicyclic) bond motifs is 1. The summed E-state index contributed by atoms with van der Waals surface area (Å²) in [6, 6.07) is 11.6. The topological polar surface area (TPSA) is 46.5 Å². The summed E-state index contributed by atoms with van der Waals surface area (Å²) in [6.45, 7) is 1.57. The smallest absolute Gasteiger partial charge is 0.131 e. The van der Waals surface area contributed by atoms with Crippen LogP contribution < -0.4 is 4.74 Å². The van der Waals surface area contributed by atoms with Crippen molar-refractivity contribution in [1.29, 1.82) is 0 Å². The van der Waals surface area contributed by atoms with Gasteiger partial charge in [-0.15, -0.1) is 0 Å². The van der Waals surface area contributed by atoms with Crippen LogP contribution in [0.25, 0.3) is 11.1 Å². The molecule has 22 heavy (non-hydrogen) atoms. The minimum Gasteiger partial charge on any atom is -0.459 e. The number of allylic oxidation sites excluding steroid dienone is 1. The highest BCUT2D eigenvalue weighted by molar-refractivity contribution is 5.80. The van der Waals surface area contributed by atoms with Crippen LogP contribution in [0.5, 0.6) is 5.75 Å². The van der Waals surface area contributed by atoms with E-state index in [4.69, 9.17) is 4.74 Å². The molecule has 112 valence electrons. The second kappa shape index (κ2) is 5.73. The molecule has 1 aliphatic rings. The van der Waals surface area contributed by atoms with Gasteiger partial charge in [-0.05, 0) is 30.7 Å². The van der Waals surface area contributed by atoms with E-state index >= 15 is 0 Å². The predicted molar refractivity (Wildman–Crippen MR) is 81.0 cm³/mol. The van der Waals surface area contributed by atoms with Gasteiger partial charge in [0.2, 0.25) is 0 Å². The number of carbonyl (C=O) groups is 1. The lowest BCUT2D eigenvalue weighted by Gasteiger charge is -2.25. The van der Waals surface area contributed by atoms with Crippen LogP contribution in [-0.4, -0.2) is 17.5 Å². The average Bonchev–Trinajstić information content (AvgIpc) is 2.53. The standard InChI is InChI=1S/C18H15FO3/c1-11(21)17-9-12(10-20)18-14(6-4-8-16(18)22-17)13-5-2-3-7-15(13)19/h2-12,21H,1H3. The molecular weight excluding hydrogens is 283 g/mol. The van der Waals surface area contributed by atoms with Gasteiger partial charge in [0.25, 0.3) is 0 Å². The number of aliphatic hydroxyl groups excluding tert-OH is 1. The first-order chi connectivity index (χ1) is 10.6. The highest BCUT2D eigenvalue weighted by Crippen LogP contribution is 2.41. The Kier molecular flexibility index (Phi) is 3.77. The summed E-state index contributed by atoms with van der Waals surface area (Å²) in [6.07, 6.45) is 1.53. The van der Waals surface area contributed by atoms with Gasteiger partial charge in [0.05, 0.1) is 5.92 Å². The average molecular weight is 298 g/mol. The normalized spacial score (nSPS) is 18.0. The molecule has 4 heteroatoms. The van der Waals surface area contributed by atoms with Crippen LogP contribution in [0.3, 0.4) is 0 Å². The number of benzene rings is 2. The maximum Gasteiger partial charge on any atom is 0.131 e. The van der Waals surface area contributed by atoms with Gasteiger partial charge in [-0.1, -0.05) is 30.3 Å². The Hall–Kier alpha value is -2.46. The van der Waals surface area contributed by atoms with Crippen LogP contribution >= 0.6 is 0 Å². The third-order valence-electron chi connectivity index (χ3n) is 3.69. The van der Waals surface area contributed by atoms with Gasteiger partial charge in [-0.2, -0.15) is 0 Å². The minimum absolute atomic E-state index is 0.329. The molecule has 0 saturated heterocycles. The summed E-state index contributed by atoms with van der Waals surface area (Å²) in [4.78, 5) is 11.5. The highest BCUT2D eigenvalue weighted by atomic mass is 19.1. The van der Waals surface area contributed by atoms with E-state index in [-0.39, 0.29) is 5.82 Å². The Morgan fingerprint density at radius 1 is 1.18 bits per heavy atom. The monoisotopic (exact) mass is 298 g/mol. The van der Waals surface area contributed by atoms with Crippen molar-refractivity contribution < 1.29 is 19.0 Å². The fourth-order valence-corrected chi connectivity index (χ4v) is 2.64. The second-order valence-electron chi connectivity index (χ2n) is 5.21. The molecule has 0 amide bonds. The van der Waals surface area contributed by atoms with Crippen molar-refractivity contribution in [2.75, 3.05) is 0 Å². The zero-order valence-corrected chi connectivity index (χ0v) is 12.0. The van der Waals surface area contributed by atoms with Crippen LogP contribution in [0.15, 0.2) is 54.3 Å². The summed E-state index contributed by atoms with van der Waals surface area (Å²) < 4.78 is 19.8. The maximum atomic E-state index is 14.1. The number of ether oxygens (including phenoxy) is 1. The second-order valence-corrected chi connectivity index (χ2v) is 5.21. The molecule has 2 atom stereocenters. The van der Waals surface area contributed by atoms with E-state index in [0.717, 1.165) is 6.29 Å². The van der Waals surface area contributed by atoms with E-state index in [0.29, 0.717) is 28.2 Å². The van der Waals surface area contributed by atoms with E-state index in [1.165, 1.54) is 6.07 Å². The maximum absolute atomic E-state index is 14.1. The van der Waals surface area contributed by atoms with Gasteiger partial charge in [-0.3, -0.25) is 0 Å². The van der Waals surface area contributed by atoms with E-state index in [1.807, 2.05) is 0 Å². The number of hydrogen-bond acceptors (Lipinski definition) is 3. The first-order valence-electron chi connectivity index (χ1n) is 7.02. The molecule has 0 radical (unpaired) electrons. The van der Waals surface area contributed by atoms with Crippen molar-refractivity contribution in [2.45, 2.75) is 18.9 Å². The Balaban J connectivity index is 2.19. The zero-order chi connectivity index (χ0) is 15.7. The lowest BCUT2D eigenvalue weighted by molar-refractivity contribution is -0.108. The molecule has 2 unspecified atom stereocenters. The van der Waals surface area contributed by atoms with Gasteiger partial charge in [-0.25, -0.2) is 4.39 Å². The largest absolute Gasteiger partial charge is 0.459 e. The lowest BCUT2D eigenvalue weighted by atomic mass is 9.88. The predicted octanol–water partition coefficient (Wildman–Crippen LogP) is 3.43. The zero-order valence-electron chi connectivity index (χ0n) is 12.0. The van der Waals surface area contributed by atoms with Gasteiger partial charge in [0.15, 0.2) is 0 Å². The van der Waals surface area contributed by atoms with Gasteiger partial charge < -0.3 is 14.6 Å². The SMILES string of the molecule is CC(O)C1=CC(C=O)c2c(cccc2-c2ccccc2F)O1. The highest BCUT2D eigenvalue weighted by Gasteiger charge is 2.27. The van der Waals surface area contributed by atoms with Crippen molar-refractivity contribution in [3.8, 4) is 16.9 Å². The summed E-state index contributed by atoms with van der Waals surface area (Å²) in [5.41, 5.74) is 1.66. The van der Waals surface area contributed by atoms with Crippen molar-refractivity contribution in [1.82, 2.24) is 0 Å². The molecule has 1 N–H and O–H groups in total. The third kappa shape index (κ3) is 2.42. The van der Waals surface area contributed by atoms with E-state index < -0.39 is 12.0 Å². The number of aldehydes is 1. The van der Waals surface area contributed by atoms with E-state index in [2.05, 4.69) is 0 Å². The van der Waals surface area contributed by atoms with Crippen LogP contribution in [0.4, 0.5) is 4.39 Å². The molecule has 0 bridgehead atoms. The first kappa shape index (κ1) is 14.5. The number of carbonyl (C=O) groups excluding carboxylic acids is 1. The Labute approximate surface area is 127 Å². The summed E-state index contributed by atoms with van der Waals surface area (Å²) in [5.74, 6) is -0.137. The van der Waals surface area contributed by atoms with Gasteiger partial charge >= 0.3 is 0 Å². The molecule has 0 spiro atoms. The fourth-order valence-electron chi connectivity index (χ4n) is 2.64. The number of halogens is 1. The van der Waals surface area contributed by atoms with Crippen LogP contribution in [0.2, 0.25) is 0 Å². The molecule has 1 heterocycles. The van der Waals surface area contributed by atoms with E-state index in [1.54, 1.807) is 49.4 Å². The van der Waals surface area contributed by atoms with Crippen molar-refractivity contribution in [3.05, 3.63) is 65.7 Å². The van der Waals surface area contributed by atoms with Gasteiger partial charge in [0.1, 0.15) is 29.7 Å². The molecular formula is C18H15FO3. The van der Waals surface area contributed by atoms with E-state index in [9.17, 15) is 14.3 Å². The van der Waals surface area contributed by atoms with Crippen molar-refractivity contribution in [3.63, 3.8) is 0 Å². The van der Waals surface area contributed by atoms with Crippen LogP contribution in [0, 0.1) is 5.82 Å². The molecule has 3 rings (SSSR count). The molecule has 2 aromatic carbocycles. The molecule has 0 aliphatic carbocycles. The number of hydrogen-bond donors (Lipinski definition) is 1. The van der Waals surface area contributed by atoms with Crippen molar-refractivity contribution in [2.24, 2.45) is 0 Å². The molecule has 3 nitrogen and oxygen atoms in total. The first-order valence-corrected chi connectivity index (χ1v) is 7.02. The molecule has 0 saturated carbocycles. The van der Waals surface area contributed by atoms with Crippen LogP contribution in [0.1, 0.15) is 18.4 Å².